The number of aryl methyl sites for hydroxylation is 1. The molecule has 124 valence electrons. The summed E-state index contributed by atoms with van der Waals surface area (Å²) in [5.74, 6) is 0.105. The van der Waals surface area contributed by atoms with Gasteiger partial charge < -0.3 is 10.1 Å². The van der Waals surface area contributed by atoms with E-state index in [1.807, 2.05) is 0 Å². The minimum absolute atomic E-state index is 0.118. The molecular formula is C16H15N3O4S. The Hall–Kier alpha value is -2.61. The van der Waals surface area contributed by atoms with E-state index in [-0.39, 0.29) is 17.4 Å². The number of nitrogens with zero attached hydrogens (tertiary/aromatic N) is 2. The van der Waals surface area contributed by atoms with E-state index in [0.29, 0.717) is 23.7 Å². The molecular weight excluding hydrogens is 330 g/mol. The first-order valence-electron chi connectivity index (χ1n) is 7.59. The number of pyridine rings is 1. The zero-order chi connectivity index (χ0) is 16.7. The average Bonchev–Trinajstić information content (AvgIpc) is 2.60. The number of hydrogen-bond acceptors (Lipinski definition) is 5. The molecule has 1 N–H and O–H groups in total. The van der Waals surface area contributed by atoms with Crippen LogP contribution in [-0.4, -0.2) is 32.5 Å². The third-order valence-corrected chi connectivity index (χ3v) is 5.89. The van der Waals surface area contributed by atoms with Crippen molar-refractivity contribution in [3.63, 3.8) is 0 Å². The fourth-order valence-corrected chi connectivity index (χ4v) is 4.50. The van der Waals surface area contributed by atoms with E-state index in [2.05, 4.69) is 10.3 Å². The zero-order valence-electron chi connectivity index (χ0n) is 12.7. The maximum absolute atomic E-state index is 13.1. The highest BCUT2D eigenvalue weighted by Crippen LogP contribution is 2.34. The quantitative estimate of drug-likeness (QED) is 0.892. The highest BCUT2D eigenvalue weighted by atomic mass is 32.2. The van der Waals surface area contributed by atoms with Gasteiger partial charge in [0, 0.05) is 18.8 Å². The minimum Gasteiger partial charge on any atom is -0.482 e. The molecule has 0 atom stereocenters. The molecule has 0 radical (unpaired) electrons. The number of anilines is 2. The topological polar surface area (TPSA) is 88.6 Å². The van der Waals surface area contributed by atoms with Crippen LogP contribution in [0.2, 0.25) is 0 Å². The van der Waals surface area contributed by atoms with Crippen LogP contribution < -0.4 is 14.4 Å². The van der Waals surface area contributed by atoms with Crippen molar-refractivity contribution >= 4 is 27.3 Å². The molecule has 0 bridgehead atoms. The summed E-state index contributed by atoms with van der Waals surface area (Å²) in [4.78, 5) is 15.7. The Morgan fingerprint density at radius 3 is 3.00 bits per heavy atom. The van der Waals surface area contributed by atoms with Crippen LogP contribution in [-0.2, 0) is 21.2 Å². The van der Waals surface area contributed by atoms with Gasteiger partial charge in [-0.2, -0.15) is 0 Å². The third kappa shape index (κ3) is 2.39. The first kappa shape index (κ1) is 14.9. The van der Waals surface area contributed by atoms with Gasteiger partial charge in [-0.25, -0.2) is 8.42 Å². The van der Waals surface area contributed by atoms with Crippen LogP contribution in [0.15, 0.2) is 41.4 Å². The summed E-state index contributed by atoms with van der Waals surface area (Å²) in [6.45, 7) is 0.294. The number of aromatic nitrogens is 1. The van der Waals surface area contributed by atoms with Crippen molar-refractivity contribution in [3.05, 3.63) is 42.2 Å². The molecule has 0 unspecified atom stereocenters. The van der Waals surface area contributed by atoms with Crippen molar-refractivity contribution in [1.29, 1.82) is 0 Å². The fourth-order valence-electron chi connectivity index (χ4n) is 2.95. The molecule has 4 rings (SSSR count). The molecule has 2 aliphatic heterocycles. The summed E-state index contributed by atoms with van der Waals surface area (Å²) in [6.07, 6.45) is 3.16. The SMILES string of the molecule is O=C1COc2cc(S(=O)(=O)N3CCCc4ncccc43)ccc2N1. The molecule has 0 saturated carbocycles. The largest absolute Gasteiger partial charge is 0.482 e. The maximum atomic E-state index is 13.1. The summed E-state index contributed by atoms with van der Waals surface area (Å²) >= 11 is 0. The molecule has 7 nitrogen and oxygen atoms in total. The summed E-state index contributed by atoms with van der Waals surface area (Å²) < 4.78 is 32.8. The van der Waals surface area contributed by atoms with Gasteiger partial charge in [0.2, 0.25) is 0 Å². The number of fused-ring (bicyclic) bond motifs is 2. The van der Waals surface area contributed by atoms with Gasteiger partial charge in [0.1, 0.15) is 5.75 Å². The Morgan fingerprint density at radius 2 is 2.12 bits per heavy atom. The van der Waals surface area contributed by atoms with E-state index in [0.717, 1.165) is 18.5 Å². The highest BCUT2D eigenvalue weighted by Gasteiger charge is 2.30. The van der Waals surface area contributed by atoms with Gasteiger partial charge in [-0.05, 0) is 37.1 Å². The van der Waals surface area contributed by atoms with E-state index in [1.54, 1.807) is 24.4 Å². The van der Waals surface area contributed by atoms with Crippen LogP contribution in [0.5, 0.6) is 5.75 Å². The van der Waals surface area contributed by atoms with Crippen molar-refractivity contribution < 1.29 is 17.9 Å². The van der Waals surface area contributed by atoms with Crippen molar-refractivity contribution in [2.75, 3.05) is 22.8 Å². The van der Waals surface area contributed by atoms with Crippen LogP contribution in [0.4, 0.5) is 11.4 Å². The second kappa shape index (κ2) is 5.48. The third-order valence-electron chi connectivity index (χ3n) is 4.08. The zero-order valence-corrected chi connectivity index (χ0v) is 13.5. The molecule has 1 aromatic heterocycles. The smallest absolute Gasteiger partial charge is 0.264 e. The number of sulfonamides is 1. The summed E-state index contributed by atoms with van der Waals surface area (Å²) in [6, 6.07) is 7.99. The van der Waals surface area contributed by atoms with Crippen molar-refractivity contribution in [2.45, 2.75) is 17.7 Å². The molecule has 2 aliphatic rings. The van der Waals surface area contributed by atoms with Crippen molar-refractivity contribution in [3.8, 4) is 5.75 Å². The summed E-state index contributed by atoms with van der Waals surface area (Å²) in [7, 11) is -3.72. The van der Waals surface area contributed by atoms with Gasteiger partial charge in [0.25, 0.3) is 15.9 Å². The number of amides is 1. The van der Waals surface area contributed by atoms with Crippen LogP contribution in [0, 0.1) is 0 Å². The predicted molar refractivity (Wildman–Crippen MR) is 87.7 cm³/mol. The molecule has 0 aliphatic carbocycles. The highest BCUT2D eigenvalue weighted by molar-refractivity contribution is 7.92. The molecule has 0 fully saturated rings. The molecule has 0 spiro atoms. The number of carbonyl (C=O) groups excluding carboxylic acids is 1. The van der Waals surface area contributed by atoms with Crippen molar-refractivity contribution in [1.82, 2.24) is 4.98 Å². The number of nitrogens with one attached hydrogen (secondary N) is 1. The maximum Gasteiger partial charge on any atom is 0.264 e. The molecule has 2 aromatic rings. The van der Waals surface area contributed by atoms with E-state index < -0.39 is 10.0 Å². The standard InChI is InChI=1S/C16H15N3O4S/c20-16-10-23-15-9-11(5-6-13(15)18-16)24(21,22)19-8-2-3-12-14(19)4-1-7-17-12/h1,4-7,9H,2-3,8,10H2,(H,18,20). The van der Waals surface area contributed by atoms with Gasteiger partial charge in [0.15, 0.2) is 6.61 Å². The lowest BCUT2D eigenvalue weighted by molar-refractivity contribution is -0.118. The number of rotatable bonds is 2. The molecule has 8 heteroatoms. The van der Waals surface area contributed by atoms with Gasteiger partial charge in [0.05, 0.1) is 22.0 Å². The average molecular weight is 345 g/mol. The normalized spacial score (nSPS) is 16.7. The Balaban J connectivity index is 1.75. The first-order chi connectivity index (χ1) is 11.6. The lowest BCUT2D eigenvalue weighted by Crippen LogP contribution is -2.36. The second-order valence-corrected chi connectivity index (χ2v) is 7.51. The molecule has 24 heavy (non-hydrogen) atoms. The van der Waals surface area contributed by atoms with E-state index in [1.165, 1.54) is 16.4 Å². The van der Waals surface area contributed by atoms with E-state index in [9.17, 15) is 13.2 Å². The summed E-state index contributed by atoms with van der Waals surface area (Å²) in [5, 5.41) is 2.65. The van der Waals surface area contributed by atoms with Crippen LogP contribution in [0.3, 0.4) is 0 Å². The summed E-state index contributed by atoms with van der Waals surface area (Å²) in [5.41, 5.74) is 1.88. The van der Waals surface area contributed by atoms with Crippen LogP contribution in [0.1, 0.15) is 12.1 Å². The lowest BCUT2D eigenvalue weighted by atomic mass is 10.1. The molecule has 1 aromatic carbocycles. The monoisotopic (exact) mass is 345 g/mol. The molecule has 3 heterocycles. The van der Waals surface area contributed by atoms with Gasteiger partial charge >= 0.3 is 0 Å². The van der Waals surface area contributed by atoms with Crippen LogP contribution in [0.25, 0.3) is 0 Å². The van der Waals surface area contributed by atoms with Gasteiger partial charge in [-0.15, -0.1) is 0 Å². The fraction of sp³-hybridized carbons (Fsp3) is 0.250. The molecule has 0 saturated heterocycles. The molecule has 1 amide bonds. The van der Waals surface area contributed by atoms with Crippen molar-refractivity contribution in [2.24, 2.45) is 0 Å². The number of carbonyl (C=O) groups is 1. The number of benzene rings is 1. The number of ether oxygens (including phenoxy) is 1. The van der Waals surface area contributed by atoms with E-state index >= 15 is 0 Å². The Bertz CT molecular complexity index is 927. The van der Waals surface area contributed by atoms with Gasteiger partial charge in [-0.1, -0.05) is 0 Å². The number of hydrogen-bond donors (Lipinski definition) is 1. The Kier molecular flexibility index (Phi) is 3.42. The Labute approximate surface area is 139 Å². The van der Waals surface area contributed by atoms with E-state index in [4.69, 9.17) is 4.74 Å². The first-order valence-corrected chi connectivity index (χ1v) is 9.03. The second-order valence-electron chi connectivity index (χ2n) is 5.64. The predicted octanol–water partition coefficient (Wildman–Crippen LogP) is 1.55. The van der Waals surface area contributed by atoms with Gasteiger partial charge in [-0.3, -0.25) is 14.1 Å². The minimum atomic E-state index is -3.72. The van der Waals surface area contributed by atoms with Crippen LogP contribution >= 0.6 is 0 Å². The lowest BCUT2D eigenvalue weighted by Gasteiger charge is -2.30. The Morgan fingerprint density at radius 1 is 1.25 bits per heavy atom.